The molecule has 1 heterocycles. The number of hydrogen-bond donors (Lipinski definition) is 2. The smallest absolute Gasteiger partial charge is 0.253 e. The molecule has 2 aromatic carbocycles. The van der Waals surface area contributed by atoms with Crippen LogP contribution in [0, 0.1) is 0 Å². The Morgan fingerprint density at radius 2 is 1.68 bits per heavy atom. The lowest BCUT2D eigenvalue weighted by Crippen LogP contribution is -2.31. The van der Waals surface area contributed by atoms with Crippen molar-refractivity contribution in [2.75, 3.05) is 50.6 Å². The molecule has 0 aromatic heterocycles. The quantitative estimate of drug-likeness (QED) is 0.598. The van der Waals surface area contributed by atoms with Gasteiger partial charge in [0, 0.05) is 43.2 Å². The molecule has 0 saturated carbocycles. The lowest BCUT2D eigenvalue weighted by Gasteiger charge is -2.20. The first-order chi connectivity index (χ1) is 15.2. The normalized spacial score (nSPS) is 13.9. The maximum Gasteiger partial charge on any atom is 0.253 e. The van der Waals surface area contributed by atoms with E-state index in [9.17, 15) is 9.59 Å². The zero-order chi connectivity index (χ0) is 21.9. The van der Waals surface area contributed by atoms with Crippen molar-refractivity contribution in [3.05, 3.63) is 54.1 Å². The summed E-state index contributed by atoms with van der Waals surface area (Å²) in [6.07, 6.45) is 4.48. The third-order valence-corrected chi connectivity index (χ3v) is 5.13. The second-order valence-electron chi connectivity index (χ2n) is 7.56. The molecule has 1 aliphatic heterocycles. The van der Waals surface area contributed by atoms with Gasteiger partial charge in [0.2, 0.25) is 5.91 Å². The Morgan fingerprint density at radius 3 is 2.45 bits per heavy atom. The Bertz CT molecular complexity index is 863. The second-order valence-corrected chi connectivity index (χ2v) is 7.56. The van der Waals surface area contributed by atoms with Crippen molar-refractivity contribution in [1.29, 1.82) is 0 Å². The standard InChI is InChI=1S/C24H31N3O4/c1-30-14-15-31-22-11-7-10-21(17-22)26-23(28)18-25-20-9-6-8-19(16-20)24(29)27-12-4-2-3-5-13-27/h6-11,16-17,25H,2-5,12-15,18H2,1H3,(H,26,28). The monoisotopic (exact) mass is 425 g/mol. The molecule has 7 heteroatoms. The first kappa shape index (κ1) is 22.6. The Balaban J connectivity index is 1.52. The highest BCUT2D eigenvalue weighted by Crippen LogP contribution is 2.18. The zero-order valence-electron chi connectivity index (χ0n) is 18.1. The number of likely N-dealkylation sites (tertiary alicyclic amines) is 1. The van der Waals surface area contributed by atoms with Gasteiger partial charge in [-0.3, -0.25) is 9.59 Å². The van der Waals surface area contributed by atoms with Crippen molar-refractivity contribution in [3.8, 4) is 5.75 Å². The summed E-state index contributed by atoms with van der Waals surface area (Å²) in [5, 5.41) is 5.95. The number of anilines is 2. The number of methoxy groups -OCH3 is 1. The van der Waals surface area contributed by atoms with Crippen LogP contribution in [0.5, 0.6) is 5.75 Å². The molecule has 166 valence electrons. The molecule has 0 aliphatic carbocycles. The van der Waals surface area contributed by atoms with E-state index in [1.165, 1.54) is 12.8 Å². The number of nitrogens with one attached hydrogen (secondary N) is 2. The van der Waals surface area contributed by atoms with Gasteiger partial charge in [-0.1, -0.05) is 25.0 Å². The fourth-order valence-electron chi connectivity index (χ4n) is 3.51. The first-order valence-corrected chi connectivity index (χ1v) is 10.8. The Kier molecular flexibility index (Phi) is 8.72. The van der Waals surface area contributed by atoms with E-state index < -0.39 is 0 Å². The number of rotatable bonds is 9. The second kappa shape index (κ2) is 12.0. The minimum Gasteiger partial charge on any atom is -0.491 e. The fourth-order valence-corrected chi connectivity index (χ4v) is 3.51. The molecule has 7 nitrogen and oxygen atoms in total. The van der Waals surface area contributed by atoms with Crippen LogP contribution in [-0.2, 0) is 9.53 Å². The van der Waals surface area contributed by atoms with E-state index in [1.807, 2.05) is 47.4 Å². The van der Waals surface area contributed by atoms with Gasteiger partial charge in [-0.15, -0.1) is 0 Å². The number of carbonyl (C=O) groups excluding carboxylic acids is 2. The maximum atomic E-state index is 12.8. The van der Waals surface area contributed by atoms with Crippen molar-refractivity contribution in [1.82, 2.24) is 4.90 Å². The van der Waals surface area contributed by atoms with Gasteiger partial charge in [0.15, 0.2) is 0 Å². The summed E-state index contributed by atoms with van der Waals surface area (Å²) in [4.78, 5) is 27.1. The maximum absolute atomic E-state index is 12.8. The van der Waals surface area contributed by atoms with Gasteiger partial charge in [0.1, 0.15) is 12.4 Å². The average Bonchev–Trinajstić information content (AvgIpc) is 3.07. The van der Waals surface area contributed by atoms with E-state index in [0.717, 1.165) is 31.6 Å². The lowest BCUT2D eigenvalue weighted by atomic mass is 10.1. The molecule has 1 aliphatic rings. The van der Waals surface area contributed by atoms with E-state index in [4.69, 9.17) is 9.47 Å². The zero-order valence-corrected chi connectivity index (χ0v) is 18.1. The summed E-state index contributed by atoms with van der Waals surface area (Å²) in [6, 6.07) is 14.6. The molecule has 0 spiro atoms. The largest absolute Gasteiger partial charge is 0.491 e. The van der Waals surface area contributed by atoms with Gasteiger partial charge < -0.3 is 25.0 Å². The Labute approximate surface area is 183 Å². The molecular weight excluding hydrogens is 394 g/mol. The minimum atomic E-state index is -0.182. The predicted octanol–water partition coefficient (Wildman–Crippen LogP) is 3.78. The van der Waals surface area contributed by atoms with Crippen molar-refractivity contribution in [3.63, 3.8) is 0 Å². The van der Waals surface area contributed by atoms with E-state index in [2.05, 4.69) is 10.6 Å². The van der Waals surface area contributed by atoms with Crippen molar-refractivity contribution in [2.24, 2.45) is 0 Å². The van der Waals surface area contributed by atoms with Gasteiger partial charge in [-0.25, -0.2) is 0 Å². The van der Waals surface area contributed by atoms with Gasteiger partial charge in [0.05, 0.1) is 13.2 Å². The fraction of sp³-hybridized carbons (Fsp3) is 0.417. The summed E-state index contributed by atoms with van der Waals surface area (Å²) >= 11 is 0. The molecular formula is C24H31N3O4. The molecule has 2 N–H and O–H groups in total. The highest BCUT2D eigenvalue weighted by Gasteiger charge is 2.17. The third-order valence-electron chi connectivity index (χ3n) is 5.13. The lowest BCUT2D eigenvalue weighted by molar-refractivity contribution is -0.114. The van der Waals surface area contributed by atoms with Crippen LogP contribution >= 0.6 is 0 Å². The molecule has 2 aromatic rings. The van der Waals surface area contributed by atoms with E-state index in [0.29, 0.717) is 30.2 Å². The van der Waals surface area contributed by atoms with Crippen LogP contribution in [-0.4, -0.2) is 56.7 Å². The van der Waals surface area contributed by atoms with E-state index >= 15 is 0 Å². The van der Waals surface area contributed by atoms with Crippen LogP contribution in [0.4, 0.5) is 11.4 Å². The van der Waals surface area contributed by atoms with Crippen LogP contribution in [0.25, 0.3) is 0 Å². The Hall–Kier alpha value is -3.06. The van der Waals surface area contributed by atoms with Crippen LogP contribution in [0.2, 0.25) is 0 Å². The first-order valence-electron chi connectivity index (χ1n) is 10.8. The van der Waals surface area contributed by atoms with E-state index in [-0.39, 0.29) is 18.4 Å². The SMILES string of the molecule is COCCOc1cccc(NC(=O)CNc2cccc(C(=O)N3CCCCCC3)c2)c1. The van der Waals surface area contributed by atoms with Gasteiger partial charge in [-0.05, 0) is 43.2 Å². The number of benzene rings is 2. The van der Waals surface area contributed by atoms with Crippen LogP contribution in [0.15, 0.2) is 48.5 Å². The summed E-state index contributed by atoms with van der Waals surface area (Å²) in [5.74, 6) is 0.543. The molecule has 0 bridgehead atoms. The summed E-state index contributed by atoms with van der Waals surface area (Å²) in [6.45, 7) is 2.66. The third kappa shape index (κ3) is 7.29. The highest BCUT2D eigenvalue weighted by atomic mass is 16.5. The molecule has 1 saturated heterocycles. The molecule has 3 rings (SSSR count). The summed E-state index contributed by atoms with van der Waals surface area (Å²) < 4.78 is 10.5. The Morgan fingerprint density at radius 1 is 0.935 bits per heavy atom. The van der Waals surface area contributed by atoms with Crippen LogP contribution < -0.4 is 15.4 Å². The number of nitrogens with zero attached hydrogens (tertiary/aromatic N) is 1. The van der Waals surface area contributed by atoms with Gasteiger partial charge >= 0.3 is 0 Å². The highest BCUT2D eigenvalue weighted by molar-refractivity contribution is 5.96. The summed E-state index contributed by atoms with van der Waals surface area (Å²) in [7, 11) is 1.62. The number of carbonyl (C=O) groups is 2. The number of amides is 2. The average molecular weight is 426 g/mol. The number of ether oxygens (including phenoxy) is 2. The van der Waals surface area contributed by atoms with Gasteiger partial charge in [-0.2, -0.15) is 0 Å². The molecule has 0 unspecified atom stereocenters. The molecule has 1 fully saturated rings. The van der Waals surface area contributed by atoms with E-state index in [1.54, 1.807) is 13.2 Å². The molecule has 2 amide bonds. The molecule has 0 radical (unpaired) electrons. The number of hydrogen-bond acceptors (Lipinski definition) is 5. The minimum absolute atomic E-state index is 0.0558. The van der Waals surface area contributed by atoms with Crippen LogP contribution in [0.1, 0.15) is 36.0 Å². The molecule has 0 atom stereocenters. The predicted molar refractivity (Wildman–Crippen MR) is 122 cm³/mol. The van der Waals surface area contributed by atoms with Crippen molar-refractivity contribution in [2.45, 2.75) is 25.7 Å². The topological polar surface area (TPSA) is 79.9 Å². The van der Waals surface area contributed by atoms with Gasteiger partial charge in [0.25, 0.3) is 5.91 Å². The van der Waals surface area contributed by atoms with Crippen LogP contribution in [0.3, 0.4) is 0 Å². The van der Waals surface area contributed by atoms with Crippen molar-refractivity contribution < 1.29 is 19.1 Å². The summed E-state index contributed by atoms with van der Waals surface area (Å²) in [5.41, 5.74) is 2.05. The molecule has 31 heavy (non-hydrogen) atoms. The van der Waals surface area contributed by atoms with Crippen molar-refractivity contribution >= 4 is 23.2 Å².